The molecule has 1 N–H and O–H groups in total. The highest BCUT2D eigenvalue weighted by Gasteiger charge is 2.17. The quantitative estimate of drug-likeness (QED) is 0.704. The number of hydrogen-bond acceptors (Lipinski definition) is 3. The Morgan fingerprint density at radius 1 is 1.12 bits per heavy atom. The SMILES string of the molecule is CCc1c(C(=O)Nc2cccc(C(C)=O)c2)cnn1-c1ccc(C)cc1. The van der Waals surface area contributed by atoms with E-state index < -0.39 is 0 Å². The van der Waals surface area contributed by atoms with Crippen LogP contribution in [0.1, 0.15) is 45.8 Å². The Bertz CT molecular complexity index is 956. The van der Waals surface area contributed by atoms with Crippen molar-refractivity contribution >= 4 is 17.4 Å². The Morgan fingerprint density at radius 3 is 2.50 bits per heavy atom. The molecule has 3 aromatic rings. The van der Waals surface area contributed by atoms with Gasteiger partial charge in [0, 0.05) is 11.3 Å². The number of nitrogens with one attached hydrogen (secondary N) is 1. The minimum absolute atomic E-state index is 0.0393. The van der Waals surface area contributed by atoms with Crippen LogP contribution in [0.2, 0.25) is 0 Å². The molecule has 2 aromatic carbocycles. The van der Waals surface area contributed by atoms with Crippen LogP contribution < -0.4 is 5.32 Å². The summed E-state index contributed by atoms with van der Waals surface area (Å²) in [5.74, 6) is -0.275. The van der Waals surface area contributed by atoms with Gasteiger partial charge in [0.1, 0.15) is 0 Å². The molecule has 1 aromatic heterocycles. The summed E-state index contributed by atoms with van der Waals surface area (Å²) >= 11 is 0. The van der Waals surface area contributed by atoms with Gasteiger partial charge in [-0.15, -0.1) is 0 Å². The summed E-state index contributed by atoms with van der Waals surface area (Å²) in [7, 11) is 0. The molecule has 0 unspecified atom stereocenters. The largest absolute Gasteiger partial charge is 0.322 e. The molecular formula is C21H21N3O2. The third kappa shape index (κ3) is 3.57. The Morgan fingerprint density at radius 2 is 1.85 bits per heavy atom. The topological polar surface area (TPSA) is 64.0 Å². The van der Waals surface area contributed by atoms with E-state index in [2.05, 4.69) is 10.4 Å². The van der Waals surface area contributed by atoms with Crippen LogP contribution in [0.4, 0.5) is 5.69 Å². The Kier molecular flexibility index (Phi) is 4.98. The number of benzene rings is 2. The van der Waals surface area contributed by atoms with Crippen molar-refractivity contribution in [3.05, 3.63) is 77.1 Å². The minimum atomic E-state index is -0.235. The van der Waals surface area contributed by atoms with Crippen LogP contribution in [-0.4, -0.2) is 21.5 Å². The Hall–Kier alpha value is -3.21. The summed E-state index contributed by atoms with van der Waals surface area (Å²) in [6.07, 6.45) is 2.26. The number of aryl methyl sites for hydroxylation is 1. The molecule has 1 heterocycles. The van der Waals surface area contributed by atoms with E-state index in [1.54, 1.807) is 35.1 Å². The molecule has 26 heavy (non-hydrogen) atoms. The molecule has 0 radical (unpaired) electrons. The van der Waals surface area contributed by atoms with Crippen LogP contribution in [0, 0.1) is 6.92 Å². The molecular weight excluding hydrogens is 326 g/mol. The summed E-state index contributed by atoms with van der Waals surface area (Å²) in [5.41, 5.74) is 4.62. The molecule has 0 spiro atoms. The molecule has 0 aliphatic heterocycles. The summed E-state index contributed by atoms with van der Waals surface area (Å²) in [4.78, 5) is 24.2. The van der Waals surface area contributed by atoms with Gasteiger partial charge < -0.3 is 5.32 Å². The lowest BCUT2D eigenvalue weighted by atomic mass is 10.1. The van der Waals surface area contributed by atoms with Crippen LogP contribution in [-0.2, 0) is 6.42 Å². The number of carbonyl (C=O) groups excluding carboxylic acids is 2. The van der Waals surface area contributed by atoms with Crippen molar-refractivity contribution in [3.8, 4) is 5.69 Å². The lowest BCUT2D eigenvalue weighted by Gasteiger charge is -2.09. The molecule has 132 valence electrons. The van der Waals surface area contributed by atoms with Gasteiger partial charge >= 0.3 is 0 Å². The molecule has 1 amide bonds. The molecule has 0 aliphatic carbocycles. The molecule has 3 rings (SSSR count). The number of hydrogen-bond donors (Lipinski definition) is 1. The van der Waals surface area contributed by atoms with Crippen LogP contribution in [0.5, 0.6) is 0 Å². The summed E-state index contributed by atoms with van der Waals surface area (Å²) in [5, 5.41) is 7.25. The Labute approximate surface area is 152 Å². The third-order valence-electron chi connectivity index (χ3n) is 4.25. The molecule has 0 bridgehead atoms. The van der Waals surface area contributed by atoms with Gasteiger partial charge in [0.15, 0.2) is 5.78 Å². The maximum absolute atomic E-state index is 12.7. The molecule has 0 saturated carbocycles. The van der Waals surface area contributed by atoms with E-state index in [-0.39, 0.29) is 11.7 Å². The van der Waals surface area contributed by atoms with E-state index in [4.69, 9.17) is 0 Å². The Balaban J connectivity index is 1.89. The zero-order valence-electron chi connectivity index (χ0n) is 15.1. The van der Waals surface area contributed by atoms with Gasteiger partial charge in [-0.05, 0) is 44.5 Å². The van der Waals surface area contributed by atoms with E-state index in [1.165, 1.54) is 12.5 Å². The number of nitrogens with zero attached hydrogens (tertiary/aromatic N) is 2. The highest BCUT2D eigenvalue weighted by atomic mass is 16.1. The van der Waals surface area contributed by atoms with Gasteiger partial charge in [-0.1, -0.05) is 36.8 Å². The monoisotopic (exact) mass is 347 g/mol. The van der Waals surface area contributed by atoms with Gasteiger partial charge in [0.05, 0.1) is 23.1 Å². The van der Waals surface area contributed by atoms with Crippen LogP contribution in [0.3, 0.4) is 0 Å². The second kappa shape index (κ2) is 7.35. The fraction of sp³-hybridized carbons (Fsp3) is 0.190. The van der Waals surface area contributed by atoms with E-state index in [0.29, 0.717) is 23.2 Å². The van der Waals surface area contributed by atoms with E-state index in [1.807, 2.05) is 38.1 Å². The minimum Gasteiger partial charge on any atom is -0.322 e. The average molecular weight is 347 g/mol. The van der Waals surface area contributed by atoms with Gasteiger partial charge in [-0.25, -0.2) is 4.68 Å². The maximum atomic E-state index is 12.7. The van der Waals surface area contributed by atoms with Crippen LogP contribution in [0.25, 0.3) is 5.69 Å². The number of amides is 1. The van der Waals surface area contributed by atoms with Crippen molar-refractivity contribution in [3.63, 3.8) is 0 Å². The van der Waals surface area contributed by atoms with E-state index in [9.17, 15) is 9.59 Å². The number of ketones is 1. The number of anilines is 1. The number of Topliss-reactive ketones (excluding diaryl/α,β-unsaturated/α-hetero) is 1. The molecule has 0 fully saturated rings. The number of carbonyl (C=O) groups is 2. The summed E-state index contributed by atoms with van der Waals surface area (Å²) in [6, 6.07) is 14.9. The van der Waals surface area contributed by atoms with Gasteiger partial charge in [-0.3, -0.25) is 9.59 Å². The van der Waals surface area contributed by atoms with Crippen molar-refractivity contribution in [1.82, 2.24) is 9.78 Å². The smallest absolute Gasteiger partial charge is 0.259 e. The lowest BCUT2D eigenvalue weighted by molar-refractivity contribution is 0.101. The predicted octanol–water partition coefficient (Wildman–Crippen LogP) is 4.20. The summed E-state index contributed by atoms with van der Waals surface area (Å²) < 4.78 is 1.79. The van der Waals surface area contributed by atoms with Crippen molar-refractivity contribution in [1.29, 1.82) is 0 Å². The molecule has 0 saturated heterocycles. The fourth-order valence-electron chi connectivity index (χ4n) is 2.83. The van der Waals surface area contributed by atoms with Gasteiger partial charge in [0.2, 0.25) is 0 Å². The second-order valence-corrected chi connectivity index (χ2v) is 6.20. The predicted molar refractivity (Wildman–Crippen MR) is 102 cm³/mol. The fourth-order valence-corrected chi connectivity index (χ4v) is 2.83. The maximum Gasteiger partial charge on any atom is 0.259 e. The first-order chi connectivity index (χ1) is 12.5. The number of aromatic nitrogens is 2. The van der Waals surface area contributed by atoms with Crippen molar-refractivity contribution < 1.29 is 9.59 Å². The normalized spacial score (nSPS) is 10.6. The summed E-state index contributed by atoms with van der Waals surface area (Å²) in [6.45, 7) is 5.53. The van der Waals surface area contributed by atoms with Gasteiger partial charge in [-0.2, -0.15) is 5.10 Å². The first kappa shape index (κ1) is 17.6. The highest BCUT2D eigenvalue weighted by molar-refractivity contribution is 6.05. The zero-order chi connectivity index (χ0) is 18.7. The van der Waals surface area contributed by atoms with Gasteiger partial charge in [0.25, 0.3) is 5.91 Å². The first-order valence-electron chi connectivity index (χ1n) is 8.56. The molecule has 0 atom stereocenters. The average Bonchev–Trinajstić information content (AvgIpc) is 3.06. The molecule has 5 heteroatoms. The van der Waals surface area contributed by atoms with Crippen molar-refractivity contribution in [2.24, 2.45) is 0 Å². The van der Waals surface area contributed by atoms with E-state index >= 15 is 0 Å². The third-order valence-corrected chi connectivity index (χ3v) is 4.25. The molecule has 5 nitrogen and oxygen atoms in total. The lowest BCUT2D eigenvalue weighted by Crippen LogP contribution is -2.14. The molecule has 0 aliphatic rings. The van der Waals surface area contributed by atoms with E-state index in [0.717, 1.165) is 11.4 Å². The second-order valence-electron chi connectivity index (χ2n) is 6.20. The zero-order valence-corrected chi connectivity index (χ0v) is 15.1. The van der Waals surface area contributed by atoms with Crippen LogP contribution in [0.15, 0.2) is 54.7 Å². The highest BCUT2D eigenvalue weighted by Crippen LogP contribution is 2.19. The standard InChI is InChI=1S/C21H21N3O2/c1-4-20-19(13-22-24(20)18-10-8-14(2)9-11-18)21(26)23-17-7-5-6-16(12-17)15(3)25/h5-13H,4H2,1-3H3,(H,23,26). The van der Waals surface area contributed by atoms with Crippen molar-refractivity contribution in [2.45, 2.75) is 27.2 Å². The number of rotatable bonds is 5. The first-order valence-corrected chi connectivity index (χ1v) is 8.56. The van der Waals surface area contributed by atoms with Crippen LogP contribution >= 0.6 is 0 Å². The van der Waals surface area contributed by atoms with Crippen molar-refractivity contribution in [2.75, 3.05) is 5.32 Å².